The highest BCUT2D eigenvalue weighted by Crippen LogP contribution is 2.64. The van der Waals surface area contributed by atoms with Crippen molar-refractivity contribution in [1.82, 2.24) is 0 Å². The lowest BCUT2D eigenvalue weighted by Gasteiger charge is -2.19. The first-order chi connectivity index (χ1) is 7.16. The molecule has 1 aromatic carbocycles. The molecule has 0 amide bonds. The molecule has 2 unspecified atom stereocenters. The molecule has 0 aliphatic heterocycles. The Morgan fingerprint density at radius 3 is 2.47 bits per heavy atom. The van der Waals surface area contributed by atoms with Crippen LogP contribution >= 0.6 is 0 Å². The zero-order valence-corrected chi connectivity index (χ0v) is 9.24. The van der Waals surface area contributed by atoms with Crippen molar-refractivity contribution in [2.45, 2.75) is 19.8 Å². The van der Waals surface area contributed by atoms with Crippen molar-refractivity contribution < 1.29 is 5.11 Å². The number of benzene rings is 1. The lowest BCUT2D eigenvalue weighted by Crippen LogP contribution is -2.26. The molecule has 0 bridgehead atoms. The average molecular weight is 205 g/mol. The molecule has 1 aromatic rings. The predicted molar refractivity (Wildman–Crippen MR) is 61.4 cm³/mol. The van der Waals surface area contributed by atoms with Crippen molar-refractivity contribution in [2.75, 3.05) is 13.2 Å². The minimum absolute atomic E-state index is 0.0250. The van der Waals surface area contributed by atoms with Crippen LogP contribution in [-0.2, 0) is 6.42 Å². The number of nitrogens with two attached hydrogens (primary N) is 1. The Bertz CT molecular complexity index is 332. The molecule has 1 aliphatic rings. The fourth-order valence-electron chi connectivity index (χ4n) is 2.63. The van der Waals surface area contributed by atoms with E-state index in [0.29, 0.717) is 6.54 Å². The summed E-state index contributed by atoms with van der Waals surface area (Å²) in [7, 11) is 0. The minimum atomic E-state index is -0.0250. The van der Waals surface area contributed by atoms with Crippen molar-refractivity contribution in [3.05, 3.63) is 35.9 Å². The molecular formula is C13H19NO. The van der Waals surface area contributed by atoms with E-state index in [4.69, 9.17) is 5.73 Å². The first-order valence-electron chi connectivity index (χ1n) is 5.51. The summed E-state index contributed by atoms with van der Waals surface area (Å²) in [6.45, 7) is 3.03. The van der Waals surface area contributed by atoms with Crippen LogP contribution in [0, 0.1) is 10.8 Å². The minimum Gasteiger partial charge on any atom is -0.396 e. The van der Waals surface area contributed by atoms with Crippen molar-refractivity contribution in [1.29, 1.82) is 0 Å². The Kier molecular flexibility index (Phi) is 2.57. The summed E-state index contributed by atoms with van der Waals surface area (Å²) in [6, 6.07) is 10.4. The van der Waals surface area contributed by atoms with Crippen LogP contribution in [-0.4, -0.2) is 18.3 Å². The van der Waals surface area contributed by atoms with Gasteiger partial charge in [-0.15, -0.1) is 0 Å². The maximum atomic E-state index is 9.39. The molecular weight excluding hydrogens is 186 g/mol. The Balaban J connectivity index is 2.09. The van der Waals surface area contributed by atoms with Gasteiger partial charge in [0.15, 0.2) is 0 Å². The van der Waals surface area contributed by atoms with Crippen LogP contribution in [0.15, 0.2) is 30.3 Å². The molecule has 2 rings (SSSR count). The van der Waals surface area contributed by atoms with Gasteiger partial charge in [0.2, 0.25) is 0 Å². The SMILES string of the molecule is CC1(Cc2ccccc2)CC1(CN)CO. The van der Waals surface area contributed by atoms with Gasteiger partial charge in [0.25, 0.3) is 0 Å². The molecule has 2 nitrogen and oxygen atoms in total. The highest BCUT2D eigenvalue weighted by molar-refractivity contribution is 5.23. The van der Waals surface area contributed by atoms with E-state index < -0.39 is 0 Å². The lowest BCUT2D eigenvalue weighted by atomic mass is 9.89. The second-order valence-electron chi connectivity index (χ2n) is 5.04. The van der Waals surface area contributed by atoms with Gasteiger partial charge in [0, 0.05) is 12.0 Å². The Labute approximate surface area is 91.1 Å². The van der Waals surface area contributed by atoms with Crippen LogP contribution in [0.1, 0.15) is 18.9 Å². The Morgan fingerprint density at radius 2 is 2.00 bits per heavy atom. The fourth-order valence-corrected chi connectivity index (χ4v) is 2.63. The van der Waals surface area contributed by atoms with Gasteiger partial charge >= 0.3 is 0 Å². The third-order valence-corrected chi connectivity index (χ3v) is 4.01. The topological polar surface area (TPSA) is 46.2 Å². The van der Waals surface area contributed by atoms with E-state index in [1.165, 1.54) is 5.56 Å². The molecule has 2 atom stereocenters. The van der Waals surface area contributed by atoms with Crippen molar-refractivity contribution in [3.8, 4) is 0 Å². The standard InChI is InChI=1S/C13H19NO/c1-12(8-13(12,9-14)10-15)7-11-5-3-2-4-6-11/h2-6,15H,7-10,14H2,1H3. The zero-order chi connectivity index (χ0) is 10.9. The second-order valence-corrected chi connectivity index (χ2v) is 5.04. The van der Waals surface area contributed by atoms with Crippen LogP contribution in [0.5, 0.6) is 0 Å². The molecule has 0 spiro atoms. The van der Waals surface area contributed by atoms with Crippen LogP contribution < -0.4 is 5.73 Å². The summed E-state index contributed by atoms with van der Waals surface area (Å²) in [5.41, 5.74) is 7.25. The zero-order valence-electron chi connectivity index (χ0n) is 9.24. The number of aliphatic hydroxyl groups is 1. The molecule has 1 saturated carbocycles. The van der Waals surface area contributed by atoms with Crippen LogP contribution in [0.4, 0.5) is 0 Å². The monoisotopic (exact) mass is 205 g/mol. The summed E-state index contributed by atoms with van der Waals surface area (Å²) < 4.78 is 0. The van der Waals surface area contributed by atoms with Gasteiger partial charge in [-0.1, -0.05) is 37.3 Å². The van der Waals surface area contributed by atoms with E-state index in [9.17, 15) is 5.11 Å². The fraction of sp³-hybridized carbons (Fsp3) is 0.538. The highest BCUT2D eigenvalue weighted by atomic mass is 16.3. The summed E-state index contributed by atoms with van der Waals surface area (Å²) in [6.07, 6.45) is 2.06. The average Bonchev–Trinajstić information content (AvgIpc) is 2.85. The summed E-state index contributed by atoms with van der Waals surface area (Å²) in [5, 5.41) is 9.39. The smallest absolute Gasteiger partial charge is 0.0505 e. The second kappa shape index (κ2) is 3.62. The quantitative estimate of drug-likeness (QED) is 0.784. The predicted octanol–water partition coefficient (Wildman–Crippen LogP) is 1.58. The first kappa shape index (κ1) is 10.7. The number of hydrogen-bond donors (Lipinski definition) is 2. The molecule has 82 valence electrons. The molecule has 15 heavy (non-hydrogen) atoms. The largest absolute Gasteiger partial charge is 0.396 e. The van der Waals surface area contributed by atoms with Gasteiger partial charge < -0.3 is 10.8 Å². The maximum absolute atomic E-state index is 9.39. The summed E-state index contributed by atoms with van der Waals surface area (Å²) >= 11 is 0. The van der Waals surface area contributed by atoms with Gasteiger partial charge in [-0.2, -0.15) is 0 Å². The molecule has 0 heterocycles. The molecule has 1 fully saturated rings. The molecule has 3 N–H and O–H groups in total. The molecule has 2 heteroatoms. The number of hydrogen-bond acceptors (Lipinski definition) is 2. The summed E-state index contributed by atoms with van der Waals surface area (Å²) in [5.74, 6) is 0. The van der Waals surface area contributed by atoms with Gasteiger partial charge in [-0.3, -0.25) is 0 Å². The molecule has 1 aliphatic carbocycles. The van der Waals surface area contributed by atoms with Crippen LogP contribution in [0.25, 0.3) is 0 Å². The van der Waals surface area contributed by atoms with Crippen LogP contribution in [0.3, 0.4) is 0 Å². The third-order valence-electron chi connectivity index (χ3n) is 4.01. The summed E-state index contributed by atoms with van der Waals surface area (Å²) in [4.78, 5) is 0. The van der Waals surface area contributed by atoms with E-state index in [1.807, 2.05) is 6.07 Å². The number of aliphatic hydroxyl groups excluding tert-OH is 1. The van der Waals surface area contributed by atoms with Gasteiger partial charge in [-0.05, 0) is 23.8 Å². The van der Waals surface area contributed by atoms with E-state index in [-0.39, 0.29) is 17.4 Å². The maximum Gasteiger partial charge on any atom is 0.0505 e. The lowest BCUT2D eigenvalue weighted by molar-refractivity contribution is 0.180. The van der Waals surface area contributed by atoms with Gasteiger partial charge in [0.05, 0.1) is 6.61 Å². The van der Waals surface area contributed by atoms with Crippen LogP contribution in [0.2, 0.25) is 0 Å². The van der Waals surface area contributed by atoms with Crippen molar-refractivity contribution in [2.24, 2.45) is 16.6 Å². The first-order valence-corrected chi connectivity index (χ1v) is 5.51. The molecule has 0 aromatic heterocycles. The third kappa shape index (κ3) is 1.68. The molecule has 0 saturated heterocycles. The Hall–Kier alpha value is -0.860. The van der Waals surface area contributed by atoms with Crippen molar-refractivity contribution in [3.63, 3.8) is 0 Å². The van der Waals surface area contributed by atoms with Crippen molar-refractivity contribution >= 4 is 0 Å². The van der Waals surface area contributed by atoms with Gasteiger partial charge in [-0.25, -0.2) is 0 Å². The normalized spacial score (nSPS) is 34.1. The van der Waals surface area contributed by atoms with E-state index in [2.05, 4.69) is 31.2 Å². The Morgan fingerprint density at radius 1 is 1.33 bits per heavy atom. The number of rotatable bonds is 4. The highest BCUT2D eigenvalue weighted by Gasteiger charge is 2.62. The van der Waals surface area contributed by atoms with E-state index >= 15 is 0 Å². The van der Waals surface area contributed by atoms with E-state index in [1.54, 1.807) is 0 Å². The van der Waals surface area contributed by atoms with Gasteiger partial charge in [0.1, 0.15) is 0 Å². The molecule has 0 radical (unpaired) electrons. The van der Waals surface area contributed by atoms with E-state index in [0.717, 1.165) is 12.8 Å².